The smallest absolute Gasteiger partial charge is 0.146 e. The molecule has 0 aliphatic carbocycles. The predicted molar refractivity (Wildman–Crippen MR) is 79.5 cm³/mol. The molecule has 0 saturated heterocycles. The Balaban J connectivity index is 5.14. The number of allylic oxidation sites excluding steroid dienone is 4. The Kier molecular flexibility index (Phi) is 5.39. The van der Waals surface area contributed by atoms with Gasteiger partial charge in [-0.05, 0) is 23.3 Å². The number of alkyl halides is 1. The number of hydrogen-bond acceptors (Lipinski definition) is 1. The first-order valence-electron chi connectivity index (χ1n) is 5.95. The van der Waals surface area contributed by atoms with Crippen LogP contribution in [0.15, 0.2) is 23.8 Å². The summed E-state index contributed by atoms with van der Waals surface area (Å²) in [5, 5.41) is 0. The maximum atomic E-state index is 11.1. The van der Waals surface area contributed by atoms with Crippen molar-refractivity contribution in [1.82, 2.24) is 0 Å². The Morgan fingerprint density at radius 1 is 0.941 bits per heavy atom. The van der Waals surface area contributed by atoms with Gasteiger partial charge >= 0.3 is 0 Å². The van der Waals surface area contributed by atoms with Crippen molar-refractivity contribution in [3.05, 3.63) is 23.8 Å². The summed E-state index contributed by atoms with van der Waals surface area (Å²) in [4.78, 5) is 11.1. The first kappa shape index (κ1) is 16.6. The van der Waals surface area contributed by atoms with Gasteiger partial charge in [-0.25, -0.2) is 0 Å². The molecule has 0 spiro atoms. The molecule has 98 valence electrons. The van der Waals surface area contributed by atoms with Gasteiger partial charge in [-0.3, -0.25) is 4.79 Å². The summed E-state index contributed by atoms with van der Waals surface area (Å²) in [6, 6.07) is 0. The zero-order valence-electron chi connectivity index (χ0n) is 12.1. The van der Waals surface area contributed by atoms with Crippen LogP contribution in [0, 0.1) is 10.8 Å². The van der Waals surface area contributed by atoms with Crippen LogP contribution >= 0.6 is 15.9 Å². The zero-order chi connectivity index (χ0) is 13.9. The lowest BCUT2D eigenvalue weighted by molar-refractivity contribution is -0.105. The van der Waals surface area contributed by atoms with Gasteiger partial charge in [0.2, 0.25) is 0 Å². The summed E-state index contributed by atoms with van der Waals surface area (Å²) in [7, 11) is 0. The van der Waals surface area contributed by atoms with Crippen molar-refractivity contribution in [1.29, 1.82) is 0 Å². The molecule has 17 heavy (non-hydrogen) atoms. The fraction of sp³-hybridized carbons (Fsp3) is 0.667. The standard InChI is InChI=1S/C15H25BrO/c1-13(2,3)8-9-15(7,16)10-12(11-17)14(4,5)6/h8-11H,1-7H3/b9-8+,12-10+. The van der Waals surface area contributed by atoms with Crippen molar-refractivity contribution >= 4 is 22.2 Å². The Bertz CT molecular complexity index is 322. The van der Waals surface area contributed by atoms with Crippen molar-refractivity contribution in [3.8, 4) is 0 Å². The third-order valence-corrected chi connectivity index (χ3v) is 2.83. The Morgan fingerprint density at radius 2 is 1.41 bits per heavy atom. The van der Waals surface area contributed by atoms with Crippen molar-refractivity contribution in [2.45, 2.75) is 52.8 Å². The van der Waals surface area contributed by atoms with Gasteiger partial charge in [0.05, 0.1) is 4.32 Å². The number of aldehydes is 1. The highest BCUT2D eigenvalue weighted by molar-refractivity contribution is 9.10. The first-order chi connectivity index (χ1) is 7.37. The molecule has 0 rings (SSSR count). The summed E-state index contributed by atoms with van der Waals surface area (Å²) >= 11 is 3.65. The number of hydrogen-bond donors (Lipinski definition) is 0. The largest absolute Gasteiger partial charge is 0.298 e. The topological polar surface area (TPSA) is 17.1 Å². The molecule has 1 atom stereocenters. The zero-order valence-corrected chi connectivity index (χ0v) is 13.7. The number of halogens is 1. The van der Waals surface area contributed by atoms with E-state index >= 15 is 0 Å². The summed E-state index contributed by atoms with van der Waals surface area (Å²) in [5.74, 6) is 0. The number of carbonyl (C=O) groups is 1. The molecule has 0 aromatic rings. The van der Waals surface area contributed by atoms with E-state index in [-0.39, 0.29) is 15.2 Å². The van der Waals surface area contributed by atoms with Gasteiger partial charge in [0.15, 0.2) is 0 Å². The fourth-order valence-electron chi connectivity index (χ4n) is 1.19. The van der Waals surface area contributed by atoms with Gasteiger partial charge in [0.25, 0.3) is 0 Å². The van der Waals surface area contributed by atoms with E-state index in [9.17, 15) is 4.79 Å². The molecule has 1 nitrogen and oxygen atoms in total. The van der Waals surface area contributed by atoms with Crippen molar-refractivity contribution in [3.63, 3.8) is 0 Å². The second-order valence-corrected chi connectivity index (χ2v) is 8.53. The van der Waals surface area contributed by atoms with E-state index in [1.807, 2.05) is 33.8 Å². The molecule has 0 aromatic carbocycles. The van der Waals surface area contributed by atoms with E-state index < -0.39 is 0 Å². The molecule has 0 bridgehead atoms. The van der Waals surface area contributed by atoms with Crippen LogP contribution in [0.25, 0.3) is 0 Å². The summed E-state index contributed by atoms with van der Waals surface area (Å²) in [6.45, 7) is 14.6. The fourth-order valence-corrected chi connectivity index (χ4v) is 1.57. The summed E-state index contributed by atoms with van der Waals surface area (Å²) < 4.78 is -0.274. The van der Waals surface area contributed by atoms with Gasteiger partial charge in [0, 0.05) is 0 Å². The molecule has 0 fully saturated rings. The SMILES string of the molecule is CC(C)(C)/C=C/C(C)(Br)/C=C(\C=O)C(C)(C)C. The highest BCUT2D eigenvalue weighted by atomic mass is 79.9. The minimum atomic E-state index is -0.274. The average molecular weight is 301 g/mol. The molecule has 0 aliphatic heterocycles. The Labute approximate surface area is 114 Å². The summed E-state index contributed by atoms with van der Waals surface area (Å²) in [5.41, 5.74) is 0.841. The van der Waals surface area contributed by atoms with Crippen molar-refractivity contribution in [2.24, 2.45) is 10.8 Å². The molecule has 0 N–H and O–H groups in total. The van der Waals surface area contributed by atoms with Gasteiger partial charge in [-0.1, -0.05) is 75.7 Å². The van der Waals surface area contributed by atoms with Crippen LogP contribution in [0.3, 0.4) is 0 Å². The van der Waals surface area contributed by atoms with Crippen LogP contribution in [0.2, 0.25) is 0 Å². The van der Waals surface area contributed by atoms with Gasteiger partial charge < -0.3 is 0 Å². The lowest BCUT2D eigenvalue weighted by atomic mass is 9.85. The second-order valence-electron chi connectivity index (χ2n) is 6.82. The second kappa shape index (κ2) is 5.51. The normalized spacial score (nSPS) is 18.2. The third-order valence-electron chi connectivity index (χ3n) is 2.34. The first-order valence-corrected chi connectivity index (χ1v) is 6.74. The highest BCUT2D eigenvalue weighted by Crippen LogP contribution is 2.31. The van der Waals surface area contributed by atoms with Crippen molar-refractivity contribution in [2.75, 3.05) is 0 Å². The van der Waals surface area contributed by atoms with Gasteiger partial charge in [-0.2, -0.15) is 0 Å². The van der Waals surface area contributed by atoms with E-state index in [1.54, 1.807) is 0 Å². The molecule has 2 heteroatoms. The highest BCUT2D eigenvalue weighted by Gasteiger charge is 2.22. The van der Waals surface area contributed by atoms with Crippen LogP contribution < -0.4 is 0 Å². The molecule has 0 aliphatic rings. The van der Waals surface area contributed by atoms with E-state index in [0.717, 1.165) is 11.9 Å². The molecule has 0 radical (unpaired) electrons. The number of rotatable bonds is 3. The lowest BCUT2D eigenvalue weighted by Crippen LogP contribution is -2.17. The van der Waals surface area contributed by atoms with Crippen LogP contribution in [0.4, 0.5) is 0 Å². The van der Waals surface area contributed by atoms with E-state index in [0.29, 0.717) is 0 Å². The van der Waals surface area contributed by atoms with E-state index in [1.165, 1.54) is 0 Å². The van der Waals surface area contributed by atoms with Crippen LogP contribution in [0.5, 0.6) is 0 Å². The van der Waals surface area contributed by atoms with E-state index in [4.69, 9.17) is 0 Å². The van der Waals surface area contributed by atoms with Gasteiger partial charge in [0.1, 0.15) is 6.29 Å². The third kappa shape index (κ3) is 7.54. The van der Waals surface area contributed by atoms with Crippen molar-refractivity contribution < 1.29 is 4.79 Å². The molecule has 0 heterocycles. The minimum Gasteiger partial charge on any atom is -0.298 e. The van der Waals surface area contributed by atoms with Gasteiger partial charge in [-0.15, -0.1) is 0 Å². The monoisotopic (exact) mass is 300 g/mol. The molecule has 0 saturated carbocycles. The molecule has 0 amide bonds. The van der Waals surface area contributed by atoms with E-state index in [2.05, 4.69) is 48.9 Å². The molecule has 0 aromatic heterocycles. The maximum absolute atomic E-state index is 11.1. The molecular weight excluding hydrogens is 276 g/mol. The molecular formula is C15H25BrO. The van der Waals surface area contributed by atoms with Crippen LogP contribution in [0.1, 0.15) is 48.5 Å². The van der Waals surface area contributed by atoms with Crippen LogP contribution in [-0.2, 0) is 4.79 Å². The predicted octanol–water partition coefficient (Wildman–Crippen LogP) is 4.91. The summed E-state index contributed by atoms with van der Waals surface area (Å²) in [6.07, 6.45) is 7.19. The Morgan fingerprint density at radius 3 is 1.71 bits per heavy atom. The minimum absolute atomic E-state index is 0.119. The Hall–Kier alpha value is -0.370. The van der Waals surface area contributed by atoms with Crippen LogP contribution in [-0.4, -0.2) is 10.6 Å². The maximum Gasteiger partial charge on any atom is 0.146 e. The number of carbonyl (C=O) groups excluding carboxylic acids is 1. The quantitative estimate of drug-likeness (QED) is 0.313. The lowest BCUT2D eigenvalue weighted by Gasteiger charge is -2.23. The average Bonchev–Trinajstić information content (AvgIpc) is 2.08. The molecule has 1 unspecified atom stereocenters.